The third-order valence-electron chi connectivity index (χ3n) is 2.30. The van der Waals surface area contributed by atoms with Crippen LogP contribution in [-0.4, -0.2) is 21.0 Å². The molecule has 0 amide bonds. The minimum absolute atomic E-state index is 0.210. The van der Waals surface area contributed by atoms with Crippen molar-refractivity contribution in [3.63, 3.8) is 0 Å². The van der Waals surface area contributed by atoms with Gasteiger partial charge >= 0.3 is 0 Å². The van der Waals surface area contributed by atoms with E-state index < -0.39 is 0 Å². The molecule has 0 bridgehead atoms. The molecule has 0 fully saturated rings. The lowest BCUT2D eigenvalue weighted by molar-refractivity contribution is 0.168. The standard InChI is InChI=1S/C10H11IO4/c1-5-6(11)8(13-3)10-9(7(5)12-2)14-4-15-10/h4H2,1-3H3. The minimum atomic E-state index is 0.210. The highest BCUT2D eigenvalue weighted by molar-refractivity contribution is 14.1. The number of benzene rings is 1. The Bertz CT molecular complexity index is 366. The molecule has 1 aliphatic heterocycles. The molecule has 82 valence electrons. The number of hydrogen-bond acceptors (Lipinski definition) is 4. The Morgan fingerprint density at radius 3 is 2.13 bits per heavy atom. The third kappa shape index (κ3) is 1.49. The van der Waals surface area contributed by atoms with Gasteiger partial charge in [0.05, 0.1) is 17.8 Å². The Morgan fingerprint density at radius 1 is 1.07 bits per heavy atom. The normalized spacial score (nSPS) is 12.8. The minimum Gasteiger partial charge on any atom is -0.492 e. The van der Waals surface area contributed by atoms with E-state index >= 15 is 0 Å². The van der Waals surface area contributed by atoms with Gasteiger partial charge in [0.25, 0.3) is 0 Å². The predicted molar refractivity (Wildman–Crippen MR) is 63.1 cm³/mol. The van der Waals surface area contributed by atoms with Crippen molar-refractivity contribution >= 4 is 22.6 Å². The number of methoxy groups -OCH3 is 2. The lowest BCUT2D eigenvalue weighted by Gasteiger charge is -2.13. The van der Waals surface area contributed by atoms with Gasteiger partial charge in [-0.2, -0.15) is 0 Å². The van der Waals surface area contributed by atoms with Crippen LogP contribution in [0.3, 0.4) is 0 Å². The van der Waals surface area contributed by atoms with Crippen molar-refractivity contribution in [1.82, 2.24) is 0 Å². The average molecular weight is 322 g/mol. The van der Waals surface area contributed by atoms with Crippen LogP contribution >= 0.6 is 22.6 Å². The zero-order chi connectivity index (χ0) is 11.0. The van der Waals surface area contributed by atoms with Crippen molar-refractivity contribution in [3.8, 4) is 23.0 Å². The van der Waals surface area contributed by atoms with E-state index in [0.717, 1.165) is 9.13 Å². The Balaban J connectivity index is 2.72. The Kier molecular flexibility index (Phi) is 2.81. The molecule has 1 heterocycles. The first-order valence-corrected chi connectivity index (χ1v) is 5.48. The third-order valence-corrected chi connectivity index (χ3v) is 3.60. The second-order valence-electron chi connectivity index (χ2n) is 3.07. The molecule has 4 nitrogen and oxygen atoms in total. The van der Waals surface area contributed by atoms with E-state index in [4.69, 9.17) is 18.9 Å². The second kappa shape index (κ2) is 3.96. The zero-order valence-corrected chi connectivity index (χ0v) is 10.9. The number of fused-ring (bicyclic) bond motifs is 1. The lowest BCUT2D eigenvalue weighted by Crippen LogP contribution is -1.96. The van der Waals surface area contributed by atoms with Gasteiger partial charge < -0.3 is 18.9 Å². The quantitative estimate of drug-likeness (QED) is 0.783. The summed E-state index contributed by atoms with van der Waals surface area (Å²) in [6.07, 6.45) is 0. The van der Waals surface area contributed by atoms with Crippen molar-refractivity contribution < 1.29 is 18.9 Å². The van der Waals surface area contributed by atoms with Gasteiger partial charge in [0.15, 0.2) is 11.5 Å². The van der Waals surface area contributed by atoms with Gasteiger partial charge in [0.2, 0.25) is 18.3 Å². The maximum atomic E-state index is 5.37. The lowest BCUT2D eigenvalue weighted by atomic mass is 10.2. The fraction of sp³-hybridized carbons (Fsp3) is 0.400. The SMILES string of the molecule is COc1c(C)c(I)c(OC)c2c1OCO2. The van der Waals surface area contributed by atoms with Gasteiger partial charge in [-0.3, -0.25) is 0 Å². The number of rotatable bonds is 2. The molecule has 0 saturated carbocycles. The first kappa shape index (κ1) is 10.7. The molecule has 0 saturated heterocycles. The van der Waals surface area contributed by atoms with E-state index in [1.807, 2.05) is 6.92 Å². The molecule has 0 N–H and O–H groups in total. The highest BCUT2D eigenvalue weighted by atomic mass is 127. The van der Waals surface area contributed by atoms with E-state index in [0.29, 0.717) is 23.0 Å². The van der Waals surface area contributed by atoms with E-state index in [1.165, 1.54) is 0 Å². The summed E-state index contributed by atoms with van der Waals surface area (Å²) in [4.78, 5) is 0. The molecule has 0 aromatic heterocycles. The highest BCUT2D eigenvalue weighted by Crippen LogP contribution is 2.51. The summed E-state index contributed by atoms with van der Waals surface area (Å²) in [5.41, 5.74) is 0.999. The van der Waals surface area contributed by atoms with Crippen molar-refractivity contribution in [3.05, 3.63) is 9.13 Å². The fourth-order valence-corrected chi connectivity index (χ4v) is 2.29. The van der Waals surface area contributed by atoms with Crippen LogP contribution in [-0.2, 0) is 0 Å². The molecule has 15 heavy (non-hydrogen) atoms. The van der Waals surface area contributed by atoms with Crippen molar-refractivity contribution in [1.29, 1.82) is 0 Å². The summed E-state index contributed by atoms with van der Waals surface area (Å²) in [6.45, 7) is 2.17. The van der Waals surface area contributed by atoms with Crippen molar-refractivity contribution in [2.45, 2.75) is 6.92 Å². The van der Waals surface area contributed by atoms with E-state index in [1.54, 1.807) is 14.2 Å². The molecular weight excluding hydrogens is 311 g/mol. The smallest absolute Gasteiger partial charge is 0.231 e. The van der Waals surface area contributed by atoms with Crippen LogP contribution in [0.1, 0.15) is 5.56 Å². The van der Waals surface area contributed by atoms with Gasteiger partial charge in [-0.15, -0.1) is 0 Å². The number of halogens is 1. The van der Waals surface area contributed by atoms with Gasteiger partial charge in [0, 0.05) is 5.56 Å². The van der Waals surface area contributed by atoms with Gasteiger partial charge in [-0.1, -0.05) is 0 Å². The molecule has 0 unspecified atom stereocenters. The zero-order valence-electron chi connectivity index (χ0n) is 8.72. The van der Waals surface area contributed by atoms with Crippen molar-refractivity contribution in [2.75, 3.05) is 21.0 Å². The van der Waals surface area contributed by atoms with Crippen LogP contribution in [0.25, 0.3) is 0 Å². The summed E-state index contributed by atoms with van der Waals surface area (Å²) in [5, 5.41) is 0. The van der Waals surface area contributed by atoms with Crippen LogP contribution in [0.5, 0.6) is 23.0 Å². The first-order valence-electron chi connectivity index (χ1n) is 4.40. The largest absolute Gasteiger partial charge is 0.492 e. The van der Waals surface area contributed by atoms with Crippen LogP contribution in [0.4, 0.5) is 0 Å². The van der Waals surface area contributed by atoms with E-state index in [-0.39, 0.29) is 6.79 Å². The fourth-order valence-electron chi connectivity index (χ4n) is 1.58. The molecule has 1 aromatic rings. The van der Waals surface area contributed by atoms with Crippen LogP contribution in [0.2, 0.25) is 0 Å². The summed E-state index contributed by atoms with van der Waals surface area (Å²) in [6, 6.07) is 0. The summed E-state index contributed by atoms with van der Waals surface area (Å²) in [7, 11) is 3.23. The predicted octanol–water partition coefficient (Wildman–Crippen LogP) is 2.35. The molecule has 5 heteroatoms. The molecular formula is C10H11IO4. The van der Waals surface area contributed by atoms with Gasteiger partial charge in [-0.05, 0) is 29.5 Å². The molecule has 0 radical (unpaired) electrons. The Morgan fingerprint density at radius 2 is 1.60 bits per heavy atom. The number of ether oxygens (including phenoxy) is 4. The summed E-state index contributed by atoms with van der Waals surface area (Å²) in [5.74, 6) is 2.69. The molecule has 1 aliphatic rings. The van der Waals surface area contributed by atoms with Crippen LogP contribution in [0.15, 0.2) is 0 Å². The molecule has 0 aliphatic carbocycles. The maximum absolute atomic E-state index is 5.37. The average Bonchev–Trinajstić information content (AvgIpc) is 2.69. The summed E-state index contributed by atoms with van der Waals surface area (Å²) >= 11 is 2.21. The van der Waals surface area contributed by atoms with Crippen molar-refractivity contribution in [2.24, 2.45) is 0 Å². The highest BCUT2D eigenvalue weighted by Gasteiger charge is 2.28. The number of hydrogen-bond donors (Lipinski definition) is 0. The second-order valence-corrected chi connectivity index (χ2v) is 4.15. The van der Waals surface area contributed by atoms with E-state index in [9.17, 15) is 0 Å². The molecule has 0 atom stereocenters. The van der Waals surface area contributed by atoms with Gasteiger partial charge in [-0.25, -0.2) is 0 Å². The van der Waals surface area contributed by atoms with Crippen LogP contribution in [0, 0.1) is 10.5 Å². The Labute approximate surface area is 102 Å². The molecule has 1 aromatic carbocycles. The topological polar surface area (TPSA) is 36.9 Å². The Hall–Kier alpha value is -0.850. The van der Waals surface area contributed by atoms with Crippen LogP contribution < -0.4 is 18.9 Å². The maximum Gasteiger partial charge on any atom is 0.231 e. The molecule has 0 spiro atoms. The van der Waals surface area contributed by atoms with E-state index in [2.05, 4.69) is 22.6 Å². The summed E-state index contributed by atoms with van der Waals surface area (Å²) < 4.78 is 22.3. The molecule has 2 rings (SSSR count). The first-order chi connectivity index (χ1) is 7.20. The monoisotopic (exact) mass is 322 g/mol. The van der Waals surface area contributed by atoms with Gasteiger partial charge in [0.1, 0.15) is 0 Å².